The van der Waals surface area contributed by atoms with Gasteiger partial charge >= 0.3 is 0 Å². The molecule has 0 aromatic rings. The maximum Gasteiger partial charge on any atom is 0.0781 e. The monoisotopic (exact) mass is 234 g/mol. The number of ether oxygens (including phenoxy) is 1. The molecule has 1 unspecified atom stereocenters. The standard InChI is InChI=1S/C16H26O/c1-11(2)13-6-8-16(4)9-7-15(17-5)12(3)14(16)10-13/h6,11,14-15H,3,7-10H2,1-2,4-5H3/t14?,15-,16+/m0/s1. The summed E-state index contributed by atoms with van der Waals surface area (Å²) >= 11 is 0. The van der Waals surface area contributed by atoms with Crippen molar-refractivity contribution in [3.8, 4) is 0 Å². The lowest BCUT2D eigenvalue weighted by molar-refractivity contribution is 0.0401. The van der Waals surface area contributed by atoms with E-state index < -0.39 is 0 Å². The molecule has 17 heavy (non-hydrogen) atoms. The Morgan fingerprint density at radius 3 is 2.76 bits per heavy atom. The molecular weight excluding hydrogens is 208 g/mol. The van der Waals surface area contributed by atoms with E-state index in [2.05, 4.69) is 33.4 Å². The summed E-state index contributed by atoms with van der Waals surface area (Å²) in [6.07, 6.45) is 7.62. The van der Waals surface area contributed by atoms with Gasteiger partial charge in [-0.05, 0) is 48.5 Å². The first kappa shape index (κ1) is 12.9. The van der Waals surface area contributed by atoms with Crippen molar-refractivity contribution in [2.75, 3.05) is 7.11 Å². The Balaban J connectivity index is 2.23. The molecule has 96 valence electrons. The zero-order valence-corrected chi connectivity index (χ0v) is 11.8. The van der Waals surface area contributed by atoms with Crippen LogP contribution in [0.25, 0.3) is 0 Å². The van der Waals surface area contributed by atoms with E-state index in [9.17, 15) is 0 Å². The van der Waals surface area contributed by atoms with E-state index in [0.29, 0.717) is 23.4 Å². The van der Waals surface area contributed by atoms with Gasteiger partial charge in [-0.2, -0.15) is 0 Å². The van der Waals surface area contributed by atoms with Gasteiger partial charge < -0.3 is 4.74 Å². The van der Waals surface area contributed by atoms with Gasteiger partial charge in [-0.3, -0.25) is 0 Å². The largest absolute Gasteiger partial charge is 0.377 e. The van der Waals surface area contributed by atoms with Crippen molar-refractivity contribution in [1.29, 1.82) is 0 Å². The first-order valence-corrected chi connectivity index (χ1v) is 6.88. The maximum absolute atomic E-state index is 5.57. The van der Waals surface area contributed by atoms with E-state index in [4.69, 9.17) is 4.74 Å². The first-order chi connectivity index (χ1) is 7.98. The third kappa shape index (κ3) is 2.22. The summed E-state index contributed by atoms with van der Waals surface area (Å²) in [5.41, 5.74) is 3.39. The van der Waals surface area contributed by atoms with Gasteiger partial charge in [0.25, 0.3) is 0 Å². The van der Waals surface area contributed by atoms with Crippen LogP contribution in [0.1, 0.15) is 46.5 Å². The third-order valence-electron chi connectivity index (χ3n) is 4.98. The maximum atomic E-state index is 5.57. The van der Waals surface area contributed by atoms with Crippen molar-refractivity contribution in [1.82, 2.24) is 0 Å². The van der Waals surface area contributed by atoms with Crippen molar-refractivity contribution >= 4 is 0 Å². The molecule has 3 atom stereocenters. The van der Waals surface area contributed by atoms with E-state index in [0.717, 1.165) is 6.42 Å². The highest BCUT2D eigenvalue weighted by molar-refractivity contribution is 5.25. The molecule has 0 bridgehead atoms. The predicted octanol–water partition coefficient (Wildman–Crippen LogP) is 4.35. The lowest BCUT2D eigenvalue weighted by atomic mass is 9.58. The van der Waals surface area contributed by atoms with Crippen LogP contribution in [0.2, 0.25) is 0 Å². The van der Waals surface area contributed by atoms with E-state index in [-0.39, 0.29) is 0 Å². The summed E-state index contributed by atoms with van der Waals surface area (Å²) in [5.74, 6) is 1.30. The van der Waals surface area contributed by atoms with Gasteiger partial charge in [-0.25, -0.2) is 0 Å². The van der Waals surface area contributed by atoms with Crippen LogP contribution in [0.3, 0.4) is 0 Å². The van der Waals surface area contributed by atoms with E-state index in [1.165, 1.54) is 24.8 Å². The fraction of sp³-hybridized carbons (Fsp3) is 0.750. The molecule has 1 heteroatoms. The van der Waals surface area contributed by atoms with Crippen molar-refractivity contribution < 1.29 is 4.74 Å². The summed E-state index contributed by atoms with van der Waals surface area (Å²) in [6, 6.07) is 0. The third-order valence-corrected chi connectivity index (χ3v) is 4.98. The summed E-state index contributed by atoms with van der Waals surface area (Å²) in [7, 11) is 1.82. The summed E-state index contributed by atoms with van der Waals surface area (Å²) in [4.78, 5) is 0. The van der Waals surface area contributed by atoms with Crippen LogP contribution >= 0.6 is 0 Å². The number of hydrogen-bond donors (Lipinski definition) is 0. The first-order valence-electron chi connectivity index (χ1n) is 6.88. The van der Waals surface area contributed by atoms with Gasteiger partial charge in [0.1, 0.15) is 0 Å². The second-order valence-electron chi connectivity index (χ2n) is 6.39. The Morgan fingerprint density at radius 2 is 2.18 bits per heavy atom. The average Bonchev–Trinajstić information content (AvgIpc) is 2.29. The van der Waals surface area contributed by atoms with Gasteiger partial charge in [0.05, 0.1) is 6.10 Å². The van der Waals surface area contributed by atoms with Gasteiger partial charge in [0.15, 0.2) is 0 Å². The van der Waals surface area contributed by atoms with Crippen LogP contribution in [-0.4, -0.2) is 13.2 Å². The minimum absolute atomic E-state index is 0.291. The smallest absolute Gasteiger partial charge is 0.0781 e. The molecule has 2 aliphatic rings. The number of rotatable bonds is 2. The molecular formula is C16H26O. The second kappa shape index (κ2) is 4.61. The van der Waals surface area contributed by atoms with Crippen LogP contribution in [0.4, 0.5) is 0 Å². The van der Waals surface area contributed by atoms with Crippen LogP contribution < -0.4 is 0 Å². The minimum Gasteiger partial charge on any atom is -0.377 e. The Hall–Kier alpha value is -0.560. The number of methoxy groups -OCH3 is 1. The predicted molar refractivity (Wildman–Crippen MR) is 72.9 cm³/mol. The van der Waals surface area contributed by atoms with Crippen LogP contribution in [0.15, 0.2) is 23.8 Å². The molecule has 0 aliphatic heterocycles. The molecule has 0 N–H and O–H groups in total. The SMILES string of the molecule is C=C1C2CC(C(C)C)=CC[C@]2(C)CC[C@@H]1OC. The quantitative estimate of drug-likeness (QED) is 0.645. The van der Waals surface area contributed by atoms with E-state index in [1.807, 2.05) is 7.11 Å². The second-order valence-corrected chi connectivity index (χ2v) is 6.39. The Morgan fingerprint density at radius 1 is 1.47 bits per heavy atom. The molecule has 2 rings (SSSR count). The van der Waals surface area contributed by atoms with Crippen LogP contribution in [0, 0.1) is 17.3 Å². The minimum atomic E-state index is 0.291. The molecule has 0 saturated heterocycles. The lowest BCUT2D eigenvalue weighted by Gasteiger charge is -2.48. The molecule has 0 aromatic heterocycles. The number of fused-ring (bicyclic) bond motifs is 1. The Kier molecular flexibility index (Phi) is 3.49. The molecule has 0 aromatic carbocycles. The van der Waals surface area contributed by atoms with Crippen molar-refractivity contribution in [3.63, 3.8) is 0 Å². The van der Waals surface area contributed by atoms with Crippen molar-refractivity contribution in [2.45, 2.75) is 52.6 Å². The van der Waals surface area contributed by atoms with Gasteiger partial charge in [-0.15, -0.1) is 0 Å². The summed E-state index contributed by atoms with van der Waals surface area (Å²) < 4.78 is 5.57. The lowest BCUT2D eigenvalue weighted by Crippen LogP contribution is -2.40. The molecule has 0 spiro atoms. The zero-order valence-electron chi connectivity index (χ0n) is 11.8. The molecule has 0 amide bonds. The highest BCUT2D eigenvalue weighted by Gasteiger charge is 2.43. The summed E-state index contributed by atoms with van der Waals surface area (Å²) in [5, 5.41) is 0. The number of hydrogen-bond acceptors (Lipinski definition) is 1. The van der Waals surface area contributed by atoms with E-state index >= 15 is 0 Å². The Bertz CT molecular complexity index is 339. The van der Waals surface area contributed by atoms with Crippen LogP contribution in [0.5, 0.6) is 0 Å². The van der Waals surface area contributed by atoms with Gasteiger partial charge in [0, 0.05) is 7.11 Å². The molecule has 1 fully saturated rings. The van der Waals surface area contributed by atoms with Gasteiger partial charge in [0.2, 0.25) is 0 Å². The van der Waals surface area contributed by atoms with Crippen molar-refractivity contribution in [2.24, 2.45) is 17.3 Å². The highest BCUT2D eigenvalue weighted by atomic mass is 16.5. The molecule has 1 saturated carbocycles. The average molecular weight is 234 g/mol. The molecule has 0 radical (unpaired) electrons. The van der Waals surface area contributed by atoms with E-state index in [1.54, 1.807) is 5.57 Å². The molecule has 1 nitrogen and oxygen atoms in total. The van der Waals surface area contributed by atoms with Gasteiger partial charge in [-0.1, -0.05) is 39.0 Å². The zero-order chi connectivity index (χ0) is 12.6. The molecule has 2 aliphatic carbocycles. The summed E-state index contributed by atoms with van der Waals surface area (Å²) in [6.45, 7) is 11.4. The fourth-order valence-electron chi connectivity index (χ4n) is 3.54. The topological polar surface area (TPSA) is 9.23 Å². The highest BCUT2D eigenvalue weighted by Crippen LogP contribution is 2.52. The number of allylic oxidation sites excluding steroid dienone is 2. The Labute approximate surface area is 106 Å². The molecule has 0 heterocycles. The normalized spacial score (nSPS) is 37.9. The van der Waals surface area contributed by atoms with Crippen molar-refractivity contribution in [3.05, 3.63) is 23.8 Å². The van der Waals surface area contributed by atoms with Crippen LogP contribution in [-0.2, 0) is 4.74 Å². The fourth-order valence-corrected chi connectivity index (χ4v) is 3.54.